The molecule has 0 spiro atoms. The van der Waals surface area contributed by atoms with Gasteiger partial charge in [-0.25, -0.2) is 4.79 Å². The number of hydrogen-bond acceptors (Lipinski definition) is 5. The Labute approximate surface area is 137 Å². The van der Waals surface area contributed by atoms with Crippen molar-refractivity contribution in [2.45, 2.75) is 53.5 Å². The van der Waals surface area contributed by atoms with Gasteiger partial charge in [-0.05, 0) is 76.3 Å². The quantitative estimate of drug-likeness (QED) is 0.403. The van der Waals surface area contributed by atoms with Gasteiger partial charge in [0.05, 0.1) is 12.1 Å². The van der Waals surface area contributed by atoms with Gasteiger partial charge in [-0.15, -0.1) is 0 Å². The second-order valence-corrected chi connectivity index (χ2v) is 6.59. The van der Waals surface area contributed by atoms with Crippen LogP contribution in [0.25, 0.3) is 0 Å². The van der Waals surface area contributed by atoms with Gasteiger partial charge in [0.2, 0.25) is 5.71 Å². The standard InChI is InChI=1S/C18H24N2O3/c1-7-23-17(21)16(20-22)15-13-8-10(2)11(3)12(4)14(13)9-18(5,6)19-15/h8,22H,7,9H2,1-6H3/b20-16+. The summed E-state index contributed by atoms with van der Waals surface area (Å²) in [6, 6.07) is 2.01. The summed E-state index contributed by atoms with van der Waals surface area (Å²) in [7, 11) is 0. The van der Waals surface area contributed by atoms with E-state index in [1.165, 1.54) is 11.1 Å². The highest BCUT2D eigenvalue weighted by Gasteiger charge is 2.34. The SMILES string of the molecule is CCOC(=O)/C(=N/O)C1=NC(C)(C)Cc2c1cc(C)c(C)c2C. The second-order valence-electron chi connectivity index (χ2n) is 6.59. The summed E-state index contributed by atoms with van der Waals surface area (Å²) >= 11 is 0. The maximum absolute atomic E-state index is 12.1. The van der Waals surface area contributed by atoms with Crippen LogP contribution in [0.15, 0.2) is 16.2 Å². The Bertz CT molecular complexity index is 715. The molecule has 0 unspecified atom stereocenters. The van der Waals surface area contributed by atoms with Crippen LogP contribution in [0.2, 0.25) is 0 Å². The molecule has 1 N–H and O–H groups in total. The first-order valence-electron chi connectivity index (χ1n) is 7.81. The Morgan fingerprint density at radius 2 is 2.00 bits per heavy atom. The number of nitrogens with zero attached hydrogens (tertiary/aromatic N) is 2. The zero-order valence-corrected chi connectivity index (χ0v) is 14.6. The van der Waals surface area contributed by atoms with Crippen molar-refractivity contribution < 1.29 is 14.7 Å². The number of esters is 1. The fourth-order valence-corrected chi connectivity index (χ4v) is 2.97. The molecule has 5 heteroatoms. The van der Waals surface area contributed by atoms with E-state index in [0.717, 1.165) is 23.1 Å². The van der Waals surface area contributed by atoms with Crippen LogP contribution < -0.4 is 0 Å². The lowest BCUT2D eigenvalue weighted by Gasteiger charge is -2.31. The van der Waals surface area contributed by atoms with Crippen LogP contribution >= 0.6 is 0 Å². The largest absolute Gasteiger partial charge is 0.461 e. The molecule has 23 heavy (non-hydrogen) atoms. The lowest BCUT2D eigenvalue weighted by atomic mass is 9.81. The molecule has 0 aromatic heterocycles. The third kappa shape index (κ3) is 3.14. The highest BCUT2D eigenvalue weighted by Crippen LogP contribution is 2.32. The Kier molecular flexibility index (Phi) is 4.59. The van der Waals surface area contributed by atoms with E-state index >= 15 is 0 Å². The Hall–Kier alpha value is -2.17. The van der Waals surface area contributed by atoms with Gasteiger partial charge in [-0.1, -0.05) is 5.16 Å². The van der Waals surface area contributed by atoms with E-state index in [4.69, 9.17) is 4.74 Å². The van der Waals surface area contributed by atoms with Crippen molar-refractivity contribution in [2.24, 2.45) is 10.1 Å². The van der Waals surface area contributed by atoms with E-state index in [1.54, 1.807) is 6.92 Å². The summed E-state index contributed by atoms with van der Waals surface area (Å²) in [5, 5.41) is 12.6. The predicted molar refractivity (Wildman–Crippen MR) is 90.8 cm³/mol. The summed E-state index contributed by atoms with van der Waals surface area (Å²) in [6.45, 7) is 12.1. The van der Waals surface area contributed by atoms with Gasteiger partial charge in [0.25, 0.3) is 0 Å². The van der Waals surface area contributed by atoms with Crippen LogP contribution in [-0.2, 0) is 16.0 Å². The van der Waals surface area contributed by atoms with Crippen molar-refractivity contribution in [1.82, 2.24) is 0 Å². The lowest BCUT2D eigenvalue weighted by Crippen LogP contribution is -2.37. The normalized spacial score (nSPS) is 16.6. The van der Waals surface area contributed by atoms with Gasteiger partial charge >= 0.3 is 5.97 Å². The van der Waals surface area contributed by atoms with Crippen LogP contribution in [0.5, 0.6) is 0 Å². The minimum atomic E-state index is -0.659. The number of carbonyl (C=O) groups excluding carboxylic acids is 1. The van der Waals surface area contributed by atoms with Crippen LogP contribution in [-0.4, -0.2) is 34.7 Å². The number of rotatable bonds is 3. The van der Waals surface area contributed by atoms with E-state index in [-0.39, 0.29) is 17.9 Å². The molecular formula is C18H24N2O3. The predicted octanol–water partition coefficient (Wildman–Crippen LogP) is 3.13. The molecule has 0 bridgehead atoms. The third-order valence-corrected chi connectivity index (χ3v) is 4.36. The van der Waals surface area contributed by atoms with Gasteiger partial charge < -0.3 is 9.94 Å². The lowest BCUT2D eigenvalue weighted by molar-refractivity contribution is -0.134. The van der Waals surface area contributed by atoms with Gasteiger partial charge in [0.15, 0.2) is 0 Å². The number of fused-ring (bicyclic) bond motifs is 1. The van der Waals surface area contributed by atoms with Crippen molar-refractivity contribution in [3.8, 4) is 0 Å². The average molecular weight is 316 g/mol. The van der Waals surface area contributed by atoms with Crippen LogP contribution in [0, 0.1) is 20.8 Å². The molecule has 0 radical (unpaired) electrons. The van der Waals surface area contributed by atoms with Crippen LogP contribution in [0.1, 0.15) is 48.6 Å². The molecule has 0 fully saturated rings. The van der Waals surface area contributed by atoms with E-state index in [9.17, 15) is 10.0 Å². The molecule has 0 saturated carbocycles. The number of oxime groups is 1. The Balaban J connectivity index is 2.69. The van der Waals surface area contributed by atoms with Gasteiger partial charge in [-0.3, -0.25) is 4.99 Å². The number of carbonyl (C=O) groups is 1. The van der Waals surface area contributed by atoms with Gasteiger partial charge in [0, 0.05) is 5.56 Å². The first-order valence-corrected chi connectivity index (χ1v) is 7.81. The summed E-state index contributed by atoms with van der Waals surface area (Å²) in [4.78, 5) is 16.8. The molecule has 1 aromatic rings. The minimum Gasteiger partial charge on any atom is -0.461 e. The van der Waals surface area contributed by atoms with E-state index in [1.807, 2.05) is 26.8 Å². The number of aryl methyl sites for hydroxylation is 1. The summed E-state index contributed by atoms with van der Waals surface area (Å²) in [5.74, 6) is -0.659. The summed E-state index contributed by atoms with van der Waals surface area (Å²) in [6.07, 6.45) is 0.778. The van der Waals surface area contributed by atoms with Crippen molar-refractivity contribution in [3.05, 3.63) is 33.9 Å². The Morgan fingerprint density at radius 3 is 2.57 bits per heavy atom. The van der Waals surface area contributed by atoms with Gasteiger partial charge in [-0.2, -0.15) is 0 Å². The van der Waals surface area contributed by atoms with Crippen molar-refractivity contribution >= 4 is 17.4 Å². The number of ether oxygens (including phenoxy) is 1. The zero-order chi connectivity index (χ0) is 17.4. The van der Waals surface area contributed by atoms with Crippen LogP contribution in [0.4, 0.5) is 0 Å². The number of hydrogen-bond donors (Lipinski definition) is 1. The second kappa shape index (κ2) is 6.14. The fraction of sp³-hybridized carbons (Fsp3) is 0.500. The summed E-state index contributed by atoms with van der Waals surface area (Å²) in [5.41, 5.74) is 5.44. The van der Waals surface area contributed by atoms with Gasteiger partial charge in [0.1, 0.15) is 5.71 Å². The smallest absolute Gasteiger partial charge is 0.362 e. The molecule has 0 aliphatic carbocycles. The molecule has 2 rings (SSSR count). The third-order valence-electron chi connectivity index (χ3n) is 4.36. The highest BCUT2D eigenvalue weighted by atomic mass is 16.5. The molecule has 1 aliphatic heterocycles. The van der Waals surface area contributed by atoms with Crippen molar-refractivity contribution in [3.63, 3.8) is 0 Å². The maximum Gasteiger partial charge on any atom is 0.362 e. The molecular weight excluding hydrogens is 292 g/mol. The van der Waals surface area contributed by atoms with Crippen LogP contribution in [0.3, 0.4) is 0 Å². The number of aliphatic imine (C=N–C) groups is 1. The van der Waals surface area contributed by atoms with Crippen molar-refractivity contribution in [2.75, 3.05) is 6.61 Å². The first kappa shape index (κ1) is 17.2. The molecule has 124 valence electrons. The summed E-state index contributed by atoms with van der Waals surface area (Å²) < 4.78 is 5.00. The van der Waals surface area contributed by atoms with E-state index < -0.39 is 5.97 Å². The monoisotopic (exact) mass is 316 g/mol. The fourth-order valence-electron chi connectivity index (χ4n) is 2.97. The molecule has 1 aliphatic rings. The molecule has 0 saturated heterocycles. The highest BCUT2D eigenvalue weighted by molar-refractivity contribution is 6.69. The average Bonchev–Trinajstić information content (AvgIpc) is 2.47. The molecule has 0 amide bonds. The van der Waals surface area contributed by atoms with E-state index in [2.05, 4.69) is 24.0 Å². The molecule has 0 atom stereocenters. The molecule has 5 nitrogen and oxygen atoms in total. The minimum absolute atomic E-state index is 0.136. The van der Waals surface area contributed by atoms with E-state index in [0.29, 0.717) is 5.71 Å². The topological polar surface area (TPSA) is 71.2 Å². The number of benzene rings is 1. The maximum atomic E-state index is 12.1. The molecule has 1 heterocycles. The first-order chi connectivity index (χ1) is 10.7. The van der Waals surface area contributed by atoms with Crippen molar-refractivity contribution in [1.29, 1.82) is 0 Å². The Morgan fingerprint density at radius 1 is 1.35 bits per heavy atom. The molecule has 1 aromatic carbocycles. The zero-order valence-electron chi connectivity index (χ0n) is 14.6.